The fourth-order valence-corrected chi connectivity index (χ4v) is 2.14. The quantitative estimate of drug-likeness (QED) is 0.869. The molecule has 0 atom stereocenters. The number of nitrogens with one attached hydrogen (secondary N) is 1. The molecule has 0 unspecified atom stereocenters. The Balaban J connectivity index is 1.98. The van der Waals surface area contributed by atoms with Crippen LogP contribution in [0.2, 0.25) is 0 Å². The molecule has 0 fully saturated rings. The Morgan fingerprint density at radius 2 is 1.82 bits per heavy atom. The molecular weight excluding hydrogens is 356 g/mol. The lowest BCUT2D eigenvalue weighted by Gasteiger charge is -2.11. The van der Waals surface area contributed by atoms with Crippen molar-refractivity contribution in [3.05, 3.63) is 57.6 Å². The Morgan fingerprint density at radius 1 is 1.18 bits per heavy atom. The highest BCUT2D eigenvalue weighted by molar-refractivity contribution is 9.10. The number of benzene rings is 2. The molecule has 116 valence electrons. The summed E-state index contributed by atoms with van der Waals surface area (Å²) >= 11 is 3.44. The Kier molecular flexibility index (Phi) is 5.13. The van der Waals surface area contributed by atoms with Gasteiger partial charge in [0, 0.05) is 10.5 Å². The monoisotopic (exact) mass is 369 g/mol. The first kappa shape index (κ1) is 16.4. The molecule has 22 heavy (non-hydrogen) atoms. The van der Waals surface area contributed by atoms with Crippen LogP contribution < -0.4 is 10.1 Å². The van der Waals surface area contributed by atoms with Crippen LogP contribution in [0.4, 0.5) is 14.5 Å². The minimum Gasteiger partial charge on any atom is -0.484 e. The molecule has 0 bridgehead atoms. The summed E-state index contributed by atoms with van der Waals surface area (Å²) in [4.78, 5) is 11.8. The standard InChI is InChI=1S/C16H14BrF2NO2/c1-9-5-12(6-10(2)16(9)17)22-8-15(21)20-14-4-3-11(18)7-13(14)19/h3-7H,8H2,1-2H3,(H,20,21). The van der Waals surface area contributed by atoms with Gasteiger partial charge in [-0.1, -0.05) is 15.9 Å². The van der Waals surface area contributed by atoms with Crippen LogP contribution in [-0.4, -0.2) is 12.5 Å². The fourth-order valence-electron chi connectivity index (χ4n) is 1.92. The van der Waals surface area contributed by atoms with Crippen LogP contribution in [-0.2, 0) is 4.79 Å². The number of amides is 1. The second kappa shape index (κ2) is 6.87. The molecule has 0 spiro atoms. The van der Waals surface area contributed by atoms with Gasteiger partial charge in [0.25, 0.3) is 5.91 Å². The molecule has 0 saturated carbocycles. The molecule has 0 aliphatic heterocycles. The molecule has 1 N–H and O–H groups in total. The van der Waals surface area contributed by atoms with Crippen LogP contribution in [0.25, 0.3) is 0 Å². The predicted octanol–water partition coefficient (Wildman–Crippen LogP) is 4.36. The second-order valence-corrected chi connectivity index (χ2v) is 5.63. The third kappa shape index (κ3) is 4.04. The summed E-state index contributed by atoms with van der Waals surface area (Å²) in [6.45, 7) is 3.56. The first-order chi connectivity index (χ1) is 10.4. The molecule has 0 aromatic heterocycles. The zero-order chi connectivity index (χ0) is 16.3. The van der Waals surface area contributed by atoms with Gasteiger partial charge in [0.15, 0.2) is 6.61 Å². The molecule has 0 saturated heterocycles. The van der Waals surface area contributed by atoms with Gasteiger partial charge >= 0.3 is 0 Å². The number of hydrogen-bond donors (Lipinski definition) is 1. The van der Waals surface area contributed by atoms with Gasteiger partial charge in [0.05, 0.1) is 5.69 Å². The number of rotatable bonds is 4. The maximum absolute atomic E-state index is 13.4. The van der Waals surface area contributed by atoms with Gasteiger partial charge in [-0.3, -0.25) is 4.79 Å². The van der Waals surface area contributed by atoms with Crippen LogP contribution in [0.5, 0.6) is 5.75 Å². The van der Waals surface area contributed by atoms with Crippen molar-refractivity contribution in [2.75, 3.05) is 11.9 Å². The van der Waals surface area contributed by atoms with E-state index in [0.717, 1.165) is 27.7 Å². The summed E-state index contributed by atoms with van der Waals surface area (Å²) < 4.78 is 32.6. The minimum absolute atomic E-state index is 0.0850. The van der Waals surface area contributed by atoms with Crippen LogP contribution in [0.15, 0.2) is 34.8 Å². The SMILES string of the molecule is Cc1cc(OCC(=O)Nc2ccc(F)cc2F)cc(C)c1Br. The Labute approximate surface area is 135 Å². The van der Waals surface area contributed by atoms with Gasteiger partial charge in [0.1, 0.15) is 17.4 Å². The summed E-state index contributed by atoms with van der Waals surface area (Å²) in [5, 5.41) is 2.33. The number of aryl methyl sites for hydroxylation is 2. The number of carbonyl (C=O) groups excluding carboxylic acids is 1. The van der Waals surface area contributed by atoms with Crippen molar-refractivity contribution in [1.29, 1.82) is 0 Å². The van der Waals surface area contributed by atoms with E-state index in [1.165, 1.54) is 0 Å². The average molecular weight is 370 g/mol. The van der Waals surface area contributed by atoms with Crippen LogP contribution in [0.3, 0.4) is 0 Å². The summed E-state index contributed by atoms with van der Waals surface area (Å²) in [5.41, 5.74) is 1.89. The maximum Gasteiger partial charge on any atom is 0.262 e. The molecule has 0 heterocycles. The zero-order valence-electron chi connectivity index (χ0n) is 12.0. The van der Waals surface area contributed by atoms with E-state index < -0.39 is 17.5 Å². The van der Waals surface area contributed by atoms with Gasteiger partial charge in [-0.15, -0.1) is 0 Å². The Morgan fingerprint density at radius 3 is 2.41 bits per heavy atom. The summed E-state index contributed by atoms with van der Waals surface area (Å²) in [6, 6.07) is 6.53. The molecule has 1 amide bonds. The van der Waals surface area contributed by atoms with Gasteiger partial charge in [-0.05, 0) is 49.2 Å². The molecule has 2 aromatic rings. The minimum atomic E-state index is -0.830. The second-order valence-electron chi connectivity index (χ2n) is 4.83. The topological polar surface area (TPSA) is 38.3 Å². The molecule has 0 radical (unpaired) electrons. The number of anilines is 1. The molecule has 3 nitrogen and oxygen atoms in total. The number of hydrogen-bond acceptors (Lipinski definition) is 2. The van der Waals surface area contributed by atoms with Crippen LogP contribution in [0.1, 0.15) is 11.1 Å². The smallest absolute Gasteiger partial charge is 0.262 e. The van der Waals surface area contributed by atoms with Crippen molar-refractivity contribution < 1.29 is 18.3 Å². The molecule has 2 aromatic carbocycles. The van der Waals surface area contributed by atoms with E-state index in [0.29, 0.717) is 11.8 Å². The van der Waals surface area contributed by atoms with E-state index >= 15 is 0 Å². The van der Waals surface area contributed by atoms with E-state index in [9.17, 15) is 13.6 Å². The Hall–Kier alpha value is -1.95. The lowest BCUT2D eigenvalue weighted by atomic mass is 10.1. The van der Waals surface area contributed by atoms with Crippen molar-refractivity contribution >= 4 is 27.5 Å². The van der Waals surface area contributed by atoms with Crippen molar-refractivity contribution in [1.82, 2.24) is 0 Å². The zero-order valence-corrected chi connectivity index (χ0v) is 13.6. The van der Waals surface area contributed by atoms with E-state index in [4.69, 9.17) is 4.74 Å². The van der Waals surface area contributed by atoms with Crippen LogP contribution in [0, 0.1) is 25.5 Å². The van der Waals surface area contributed by atoms with Crippen LogP contribution >= 0.6 is 15.9 Å². The molecule has 2 rings (SSSR count). The van der Waals surface area contributed by atoms with Crippen molar-refractivity contribution in [2.45, 2.75) is 13.8 Å². The molecule has 6 heteroatoms. The predicted molar refractivity (Wildman–Crippen MR) is 84.1 cm³/mol. The van der Waals surface area contributed by atoms with Gasteiger partial charge in [-0.2, -0.15) is 0 Å². The molecule has 0 aliphatic carbocycles. The largest absolute Gasteiger partial charge is 0.484 e. The van der Waals surface area contributed by atoms with Gasteiger partial charge in [-0.25, -0.2) is 8.78 Å². The summed E-state index contributed by atoms with van der Waals surface area (Å²) in [7, 11) is 0. The first-order valence-electron chi connectivity index (χ1n) is 6.51. The van der Waals surface area contributed by atoms with E-state index in [-0.39, 0.29) is 12.3 Å². The first-order valence-corrected chi connectivity index (χ1v) is 7.30. The number of halogens is 3. The highest BCUT2D eigenvalue weighted by Crippen LogP contribution is 2.26. The van der Waals surface area contributed by atoms with E-state index in [1.54, 1.807) is 12.1 Å². The fraction of sp³-hybridized carbons (Fsp3) is 0.188. The average Bonchev–Trinajstić information content (AvgIpc) is 2.45. The summed E-state index contributed by atoms with van der Waals surface area (Å²) in [6.07, 6.45) is 0. The highest BCUT2D eigenvalue weighted by Gasteiger charge is 2.10. The van der Waals surface area contributed by atoms with E-state index in [1.807, 2.05) is 13.8 Å². The Bertz CT molecular complexity index is 696. The van der Waals surface area contributed by atoms with Crippen molar-refractivity contribution in [2.24, 2.45) is 0 Å². The third-order valence-corrected chi connectivity index (χ3v) is 4.24. The van der Waals surface area contributed by atoms with Gasteiger partial charge < -0.3 is 10.1 Å². The number of ether oxygens (including phenoxy) is 1. The molecule has 0 aliphatic rings. The van der Waals surface area contributed by atoms with Gasteiger partial charge in [0.2, 0.25) is 0 Å². The van der Waals surface area contributed by atoms with E-state index in [2.05, 4.69) is 21.2 Å². The van der Waals surface area contributed by atoms with Crippen molar-refractivity contribution in [3.63, 3.8) is 0 Å². The molecular formula is C16H14BrF2NO2. The summed E-state index contributed by atoms with van der Waals surface area (Å²) in [5.74, 6) is -1.51. The normalized spacial score (nSPS) is 10.4. The lowest BCUT2D eigenvalue weighted by Crippen LogP contribution is -2.20. The lowest BCUT2D eigenvalue weighted by molar-refractivity contribution is -0.118. The third-order valence-electron chi connectivity index (χ3n) is 2.99. The maximum atomic E-state index is 13.4. The number of carbonyl (C=O) groups is 1. The van der Waals surface area contributed by atoms with Crippen molar-refractivity contribution in [3.8, 4) is 5.75 Å². The highest BCUT2D eigenvalue weighted by atomic mass is 79.9.